The molecular weight excluding hydrogens is 184 g/mol. The van der Waals surface area contributed by atoms with Crippen molar-refractivity contribution in [2.45, 2.75) is 18.6 Å². The lowest BCUT2D eigenvalue weighted by Crippen LogP contribution is -2.27. The fourth-order valence-electron chi connectivity index (χ4n) is 1.80. The van der Waals surface area contributed by atoms with Gasteiger partial charge in [0.2, 0.25) is 0 Å². The number of fused-ring (bicyclic) bond motifs is 1. The maximum Gasteiger partial charge on any atom is 0.294 e. The quantitative estimate of drug-likeness (QED) is 0.558. The van der Waals surface area contributed by atoms with Crippen molar-refractivity contribution in [2.24, 2.45) is 5.73 Å². The van der Waals surface area contributed by atoms with Gasteiger partial charge in [-0.25, -0.2) is 0 Å². The van der Waals surface area contributed by atoms with E-state index < -0.39 is 17.2 Å². The molecule has 1 aromatic carbocycles. The number of benzene rings is 1. The molecule has 0 bridgehead atoms. The van der Waals surface area contributed by atoms with Crippen molar-refractivity contribution in [1.82, 2.24) is 0 Å². The SMILES string of the molecule is NC1c2ccccc2CC1O[N+](=O)[O-]. The zero-order valence-corrected chi connectivity index (χ0v) is 7.42. The maximum absolute atomic E-state index is 10.2. The standard InChI is InChI=1S/C9H10N2O3/c10-9-7-4-2-1-3-6(7)5-8(9)14-11(12)13/h1-4,8-9H,5,10H2. The lowest BCUT2D eigenvalue weighted by molar-refractivity contribution is -0.769. The Hall–Kier alpha value is -1.62. The minimum atomic E-state index is -0.781. The third kappa shape index (κ3) is 1.42. The summed E-state index contributed by atoms with van der Waals surface area (Å²) in [6, 6.07) is 7.16. The van der Waals surface area contributed by atoms with E-state index in [0.29, 0.717) is 6.42 Å². The van der Waals surface area contributed by atoms with E-state index in [1.807, 2.05) is 24.3 Å². The molecule has 0 saturated heterocycles. The van der Waals surface area contributed by atoms with Gasteiger partial charge >= 0.3 is 0 Å². The molecule has 1 aliphatic rings. The van der Waals surface area contributed by atoms with E-state index >= 15 is 0 Å². The molecule has 5 nitrogen and oxygen atoms in total. The number of hydrogen-bond acceptors (Lipinski definition) is 4. The molecular formula is C9H10N2O3. The highest BCUT2D eigenvalue weighted by molar-refractivity contribution is 5.35. The Morgan fingerprint density at radius 1 is 1.50 bits per heavy atom. The van der Waals surface area contributed by atoms with Gasteiger partial charge in [-0.15, -0.1) is 10.1 Å². The van der Waals surface area contributed by atoms with Crippen molar-refractivity contribution in [2.75, 3.05) is 0 Å². The van der Waals surface area contributed by atoms with Crippen LogP contribution in [0.2, 0.25) is 0 Å². The third-order valence-corrected chi connectivity index (χ3v) is 2.46. The van der Waals surface area contributed by atoms with Crippen molar-refractivity contribution in [3.8, 4) is 0 Å². The van der Waals surface area contributed by atoms with Gasteiger partial charge in [-0.05, 0) is 11.1 Å². The topological polar surface area (TPSA) is 78.4 Å². The van der Waals surface area contributed by atoms with Crippen molar-refractivity contribution < 1.29 is 9.92 Å². The van der Waals surface area contributed by atoms with Crippen molar-refractivity contribution in [1.29, 1.82) is 0 Å². The van der Waals surface area contributed by atoms with Crippen LogP contribution in [0.4, 0.5) is 0 Å². The normalized spacial score (nSPS) is 24.4. The van der Waals surface area contributed by atoms with E-state index in [4.69, 9.17) is 5.73 Å². The summed E-state index contributed by atoms with van der Waals surface area (Å²) in [6.45, 7) is 0. The second-order valence-electron chi connectivity index (χ2n) is 3.30. The van der Waals surface area contributed by atoms with Crippen LogP contribution in [0.3, 0.4) is 0 Å². The Kier molecular flexibility index (Phi) is 2.09. The molecule has 2 unspecified atom stereocenters. The van der Waals surface area contributed by atoms with Crippen molar-refractivity contribution in [3.63, 3.8) is 0 Å². The lowest BCUT2D eigenvalue weighted by atomic mass is 10.1. The highest BCUT2D eigenvalue weighted by atomic mass is 17.0. The Morgan fingerprint density at radius 3 is 2.86 bits per heavy atom. The molecule has 1 aliphatic carbocycles. The van der Waals surface area contributed by atoms with Gasteiger partial charge in [-0.2, -0.15) is 0 Å². The first kappa shape index (κ1) is 8.96. The molecule has 0 amide bonds. The number of nitrogens with two attached hydrogens (primary N) is 1. The molecule has 2 atom stereocenters. The first-order chi connectivity index (χ1) is 6.68. The smallest absolute Gasteiger partial charge is 0.294 e. The monoisotopic (exact) mass is 194 g/mol. The molecule has 1 aromatic rings. The molecule has 0 heterocycles. The van der Waals surface area contributed by atoms with Gasteiger partial charge in [-0.3, -0.25) is 0 Å². The zero-order chi connectivity index (χ0) is 10.1. The fourth-order valence-corrected chi connectivity index (χ4v) is 1.80. The molecule has 2 rings (SSSR count). The Bertz CT molecular complexity index is 367. The van der Waals surface area contributed by atoms with Crippen LogP contribution in [0.15, 0.2) is 24.3 Å². The largest absolute Gasteiger partial charge is 0.322 e. The lowest BCUT2D eigenvalue weighted by Gasteiger charge is -2.12. The van der Waals surface area contributed by atoms with Crippen LogP contribution in [-0.4, -0.2) is 11.2 Å². The minimum Gasteiger partial charge on any atom is -0.322 e. The van der Waals surface area contributed by atoms with E-state index in [2.05, 4.69) is 4.84 Å². The first-order valence-corrected chi connectivity index (χ1v) is 4.33. The number of rotatable bonds is 2. The minimum absolute atomic E-state index is 0.392. The van der Waals surface area contributed by atoms with Crippen LogP contribution >= 0.6 is 0 Å². The molecule has 5 heteroatoms. The van der Waals surface area contributed by atoms with Gasteiger partial charge in [-0.1, -0.05) is 24.3 Å². The second-order valence-corrected chi connectivity index (χ2v) is 3.30. The molecule has 0 radical (unpaired) electrons. The van der Waals surface area contributed by atoms with E-state index in [1.54, 1.807) is 0 Å². The molecule has 0 aromatic heterocycles. The second kappa shape index (κ2) is 3.26. The van der Waals surface area contributed by atoms with Gasteiger partial charge in [0, 0.05) is 6.42 Å². The average molecular weight is 194 g/mol. The molecule has 0 saturated carbocycles. The average Bonchev–Trinajstić information content (AvgIpc) is 2.44. The molecule has 0 aliphatic heterocycles. The number of nitrogens with zero attached hydrogens (tertiary/aromatic N) is 1. The van der Waals surface area contributed by atoms with Crippen LogP contribution in [0.25, 0.3) is 0 Å². The van der Waals surface area contributed by atoms with Crippen LogP contribution in [-0.2, 0) is 11.3 Å². The Labute approximate surface area is 80.6 Å². The third-order valence-electron chi connectivity index (χ3n) is 2.46. The van der Waals surface area contributed by atoms with E-state index in [1.165, 1.54) is 0 Å². The van der Waals surface area contributed by atoms with Crippen LogP contribution in [0.1, 0.15) is 17.2 Å². The van der Waals surface area contributed by atoms with E-state index in [-0.39, 0.29) is 0 Å². The summed E-state index contributed by atoms with van der Waals surface area (Å²) >= 11 is 0. The van der Waals surface area contributed by atoms with Crippen LogP contribution in [0.5, 0.6) is 0 Å². The number of hydrogen-bond donors (Lipinski definition) is 1. The van der Waals surface area contributed by atoms with Gasteiger partial charge in [0.25, 0.3) is 5.09 Å². The highest BCUT2D eigenvalue weighted by Crippen LogP contribution is 2.31. The van der Waals surface area contributed by atoms with Crippen LogP contribution in [0, 0.1) is 10.1 Å². The fraction of sp³-hybridized carbons (Fsp3) is 0.333. The Balaban J connectivity index is 2.21. The summed E-state index contributed by atoms with van der Waals surface area (Å²) in [5.74, 6) is 0. The highest BCUT2D eigenvalue weighted by Gasteiger charge is 2.31. The molecule has 0 fully saturated rings. The molecule has 0 spiro atoms. The molecule has 2 N–H and O–H groups in total. The summed E-state index contributed by atoms with van der Waals surface area (Å²) in [5, 5.41) is 9.40. The summed E-state index contributed by atoms with van der Waals surface area (Å²) in [4.78, 5) is 14.7. The van der Waals surface area contributed by atoms with Gasteiger partial charge < -0.3 is 10.6 Å². The predicted molar refractivity (Wildman–Crippen MR) is 48.9 cm³/mol. The summed E-state index contributed by atoms with van der Waals surface area (Å²) in [5.41, 5.74) is 7.79. The molecule has 14 heavy (non-hydrogen) atoms. The van der Waals surface area contributed by atoms with Gasteiger partial charge in [0.05, 0.1) is 6.04 Å². The summed E-state index contributed by atoms with van der Waals surface area (Å²) in [7, 11) is 0. The Morgan fingerprint density at radius 2 is 2.21 bits per heavy atom. The van der Waals surface area contributed by atoms with Crippen LogP contribution < -0.4 is 5.73 Å². The summed E-state index contributed by atoms with van der Waals surface area (Å²) < 4.78 is 0. The predicted octanol–water partition coefficient (Wildman–Crippen LogP) is 0.819. The van der Waals surface area contributed by atoms with Crippen molar-refractivity contribution in [3.05, 3.63) is 45.5 Å². The van der Waals surface area contributed by atoms with E-state index in [0.717, 1.165) is 11.1 Å². The van der Waals surface area contributed by atoms with Crippen molar-refractivity contribution >= 4 is 0 Å². The molecule has 74 valence electrons. The summed E-state index contributed by atoms with van der Waals surface area (Å²) in [6.07, 6.45) is -0.0272. The zero-order valence-electron chi connectivity index (χ0n) is 7.42. The van der Waals surface area contributed by atoms with Gasteiger partial charge in [0.15, 0.2) is 0 Å². The maximum atomic E-state index is 10.2. The van der Waals surface area contributed by atoms with Gasteiger partial charge in [0.1, 0.15) is 6.10 Å². The van der Waals surface area contributed by atoms with E-state index in [9.17, 15) is 10.1 Å². The first-order valence-electron chi connectivity index (χ1n) is 4.33.